The van der Waals surface area contributed by atoms with Gasteiger partial charge in [0.05, 0.1) is 4.99 Å². The number of hydrogen-bond donors (Lipinski definition) is 1. The van der Waals surface area contributed by atoms with E-state index in [1.165, 1.54) is 0 Å². The largest absolute Gasteiger partial charge is 0.393 e. The highest BCUT2D eigenvalue weighted by molar-refractivity contribution is 7.80. The molecule has 1 rings (SSSR count). The molecular weight excluding hydrogens is 156 g/mol. The van der Waals surface area contributed by atoms with Gasteiger partial charge < -0.3 is 5.73 Å². The van der Waals surface area contributed by atoms with E-state index in [2.05, 4.69) is 4.98 Å². The average Bonchev–Trinajstić information content (AvgIpc) is 1.85. The molecule has 1 aromatic heterocycles. The molecule has 0 aliphatic heterocycles. The van der Waals surface area contributed by atoms with Crippen LogP contribution in [-0.4, -0.2) is 9.97 Å². The summed E-state index contributed by atoms with van der Waals surface area (Å²) in [6, 6.07) is 5.82. The highest BCUT2D eigenvalue weighted by Gasteiger charge is 1.95. The number of thiocarbonyl (C=S) groups is 1. The SMILES string of the molecule is Cc1cccc(CC(N)=S)n1. The van der Waals surface area contributed by atoms with Crippen LogP contribution >= 0.6 is 12.2 Å². The van der Waals surface area contributed by atoms with Crippen LogP contribution in [0.15, 0.2) is 18.2 Å². The van der Waals surface area contributed by atoms with Crippen LogP contribution in [0.25, 0.3) is 0 Å². The first-order chi connectivity index (χ1) is 5.18. The molecule has 2 N–H and O–H groups in total. The van der Waals surface area contributed by atoms with Gasteiger partial charge >= 0.3 is 0 Å². The van der Waals surface area contributed by atoms with Gasteiger partial charge in [-0.05, 0) is 19.1 Å². The summed E-state index contributed by atoms with van der Waals surface area (Å²) in [6.07, 6.45) is 0.594. The second-order valence-corrected chi connectivity index (χ2v) is 2.94. The fourth-order valence-corrected chi connectivity index (χ4v) is 1.02. The first kappa shape index (κ1) is 8.14. The normalized spacial score (nSPS) is 9.55. The van der Waals surface area contributed by atoms with E-state index in [-0.39, 0.29) is 0 Å². The number of nitrogens with zero attached hydrogens (tertiary/aromatic N) is 1. The van der Waals surface area contributed by atoms with Gasteiger partial charge in [-0.3, -0.25) is 4.98 Å². The highest BCUT2D eigenvalue weighted by atomic mass is 32.1. The van der Waals surface area contributed by atoms with Crippen molar-refractivity contribution in [3.05, 3.63) is 29.6 Å². The van der Waals surface area contributed by atoms with E-state index in [1.807, 2.05) is 25.1 Å². The number of pyridine rings is 1. The molecule has 0 unspecified atom stereocenters. The lowest BCUT2D eigenvalue weighted by atomic mass is 10.2. The van der Waals surface area contributed by atoms with Gasteiger partial charge in [-0.25, -0.2) is 0 Å². The predicted octanol–water partition coefficient (Wildman–Crippen LogP) is 1.22. The minimum atomic E-state index is 0.489. The smallest absolute Gasteiger partial charge is 0.0787 e. The van der Waals surface area contributed by atoms with Crippen molar-refractivity contribution in [2.24, 2.45) is 5.73 Å². The van der Waals surface area contributed by atoms with E-state index in [1.54, 1.807) is 0 Å². The van der Waals surface area contributed by atoms with Crippen molar-refractivity contribution >= 4 is 17.2 Å². The molecule has 3 heteroatoms. The number of aromatic nitrogens is 1. The van der Waals surface area contributed by atoms with E-state index < -0.39 is 0 Å². The molecular formula is C8H10N2S. The molecule has 11 heavy (non-hydrogen) atoms. The van der Waals surface area contributed by atoms with Crippen molar-refractivity contribution in [3.63, 3.8) is 0 Å². The molecule has 0 fully saturated rings. The molecule has 1 aromatic rings. The third-order valence-electron chi connectivity index (χ3n) is 1.30. The van der Waals surface area contributed by atoms with E-state index >= 15 is 0 Å². The van der Waals surface area contributed by atoms with E-state index in [0.29, 0.717) is 11.4 Å². The fraction of sp³-hybridized carbons (Fsp3) is 0.250. The van der Waals surface area contributed by atoms with Crippen molar-refractivity contribution in [2.45, 2.75) is 13.3 Å². The molecule has 58 valence electrons. The number of aryl methyl sites for hydroxylation is 1. The zero-order valence-corrected chi connectivity index (χ0v) is 7.19. The Morgan fingerprint density at radius 3 is 2.91 bits per heavy atom. The maximum absolute atomic E-state index is 5.37. The Balaban J connectivity index is 2.79. The summed E-state index contributed by atoms with van der Waals surface area (Å²) in [7, 11) is 0. The molecule has 0 amide bonds. The molecule has 1 heterocycles. The summed E-state index contributed by atoms with van der Waals surface area (Å²) in [4.78, 5) is 4.73. The van der Waals surface area contributed by atoms with Gasteiger partial charge in [-0.2, -0.15) is 0 Å². The molecule has 2 nitrogen and oxygen atoms in total. The van der Waals surface area contributed by atoms with Gasteiger partial charge in [-0.15, -0.1) is 0 Å². The summed E-state index contributed by atoms with van der Waals surface area (Å²) >= 11 is 4.76. The van der Waals surface area contributed by atoms with Crippen LogP contribution < -0.4 is 5.73 Å². The standard InChI is InChI=1S/C8H10N2S/c1-6-3-2-4-7(10-6)5-8(9)11/h2-4H,5H2,1H3,(H2,9,11). The minimum Gasteiger partial charge on any atom is -0.393 e. The lowest BCUT2D eigenvalue weighted by Gasteiger charge is -1.98. The van der Waals surface area contributed by atoms with Crippen LogP contribution in [0.4, 0.5) is 0 Å². The van der Waals surface area contributed by atoms with Crippen molar-refractivity contribution in [2.75, 3.05) is 0 Å². The van der Waals surface area contributed by atoms with E-state index in [0.717, 1.165) is 11.4 Å². The first-order valence-corrected chi connectivity index (χ1v) is 3.80. The molecule has 0 atom stereocenters. The summed E-state index contributed by atoms with van der Waals surface area (Å²) in [5.74, 6) is 0. The Kier molecular flexibility index (Phi) is 2.54. The van der Waals surface area contributed by atoms with Gasteiger partial charge in [0.15, 0.2) is 0 Å². The quantitative estimate of drug-likeness (QED) is 0.671. The second kappa shape index (κ2) is 3.44. The lowest BCUT2D eigenvalue weighted by molar-refractivity contribution is 1.08. The van der Waals surface area contributed by atoms with Gasteiger partial charge in [0.2, 0.25) is 0 Å². The average molecular weight is 166 g/mol. The Hall–Kier alpha value is -0.960. The lowest BCUT2D eigenvalue weighted by Crippen LogP contribution is -2.12. The molecule has 0 spiro atoms. The van der Waals surface area contributed by atoms with Crippen molar-refractivity contribution in [1.29, 1.82) is 0 Å². The van der Waals surface area contributed by atoms with Gasteiger partial charge in [0.1, 0.15) is 0 Å². The minimum absolute atomic E-state index is 0.489. The maximum Gasteiger partial charge on any atom is 0.0787 e. The van der Waals surface area contributed by atoms with Crippen LogP contribution in [-0.2, 0) is 6.42 Å². The zero-order chi connectivity index (χ0) is 8.27. The molecule has 0 aliphatic rings. The van der Waals surface area contributed by atoms with E-state index in [9.17, 15) is 0 Å². The van der Waals surface area contributed by atoms with Crippen LogP contribution in [0.3, 0.4) is 0 Å². The summed E-state index contributed by atoms with van der Waals surface area (Å²) in [6.45, 7) is 1.95. The topological polar surface area (TPSA) is 38.9 Å². The highest BCUT2D eigenvalue weighted by Crippen LogP contribution is 1.98. The van der Waals surface area contributed by atoms with E-state index in [4.69, 9.17) is 18.0 Å². The maximum atomic E-state index is 5.37. The van der Waals surface area contributed by atoms with Crippen molar-refractivity contribution in [1.82, 2.24) is 4.98 Å². The molecule has 0 aromatic carbocycles. The predicted molar refractivity (Wildman–Crippen MR) is 49.5 cm³/mol. The van der Waals surface area contributed by atoms with Gasteiger partial charge in [0, 0.05) is 17.8 Å². The fourth-order valence-electron chi connectivity index (χ4n) is 0.876. The monoisotopic (exact) mass is 166 g/mol. The summed E-state index contributed by atoms with van der Waals surface area (Å²) in [5, 5.41) is 0. The molecule has 0 aliphatic carbocycles. The Labute approximate surface area is 71.4 Å². The molecule has 0 saturated heterocycles. The molecule has 0 bridgehead atoms. The summed E-state index contributed by atoms with van der Waals surface area (Å²) in [5.41, 5.74) is 7.31. The number of nitrogens with two attached hydrogens (primary N) is 1. The number of hydrogen-bond acceptors (Lipinski definition) is 2. The zero-order valence-electron chi connectivity index (χ0n) is 6.37. The number of rotatable bonds is 2. The summed E-state index contributed by atoms with van der Waals surface area (Å²) < 4.78 is 0. The Morgan fingerprint density at radius 1 is 1.64 bits per heavy atom. The van der Waals surface area contributed by atoms with Gasteiger partial charge in [-0.1, -0.05) is 18.3 Å². The van der Waals surface area contributed by atoms with Crippen LogP contribution in [0.5, 0.6) is 0 Å². The van der Waals surface area contributed by atoms with Crippen molar-refractivity contribution < 1.29 is 0 Å². The van der Waals surface area contributed by atoms with Gasteiger partial charge in [0.25, 0.3) is 0 Å². The van der Waals surface area contributed by atoms with Crippen molar-refractivity contribution in [3.8, 4) is 0 Å². The first-order valence-electron chi connectivity index (χ1n) is 3.39. The molecule has 0 radical (unpaired) electrons. The third kappa shape index (κ3) is 2.63. The third-order valence-corrected chi connectivity index (χ3v) is 1.45. The second-order valence-electron chi connectivity index (χ2n) is 2.41. The Morgan fingerprint density at radius 2 is 2.36 bits per heavy atom. The van der Waals surface area contributed by atoms with Crippen LogP contribution in [0.1, 0.15) is 11.4 Å². The Bertz CT molecular complexity index is 271. The van der Waals surface area contributed by atoms with Crippen LogP contribution in [0, 0.1) is 6.92 Å². The van der Waals surface area contributed by atoms with Crippen LogP contribution in [0.2, 0.25) is 0 Å². The molecule has 0 saturated carbocycles.